The van der Waals surface area contributed by atoms with Crippen LogP contribution in [0.2, 0.25) is 0 Å². The molecule has 0 unspecified atom stereocenters. The summed E-state index contributed by atoms with van der Waals surface area (Å²) in [4.78, 5) is 4.01. The molecule has 0 radical (unpaired) electrons. The summed E-state index contributed by atoms with van der Waals surface area (Å²) in [6.07, 6.45) is 6.32. The highest BCUT2D eigenvalue weighted by Gasteiger charge is 1.86. The fourth-order valence-corrected chi connectivity index (χ4v) is 1.03. The number of unbranched alkanes of at least 4 members (excludes halogenated alkanes) is 1. The lowest BCUT2D eigenvalue weighted by Crippen LogP contribution is -1.71. The van der Waals surface area contributed by atoms with Crippen LogP contribution in [0.5, 0.6) is 0 Å². The van der Waals surface area contributed by atoms with Crippen LogP contribution in [0.25, 0.3) is 10.8 Å². The monoisotopic (exact) mass is 187 g/mol. The van der Waals surface area contributed by atoms with E-state index < -0.39 is 0 Å². The van der Waals surface area contributed by atoms with Crippen LogP contribution in [-0.2, 0) is 0 Å². The van der Waals surface area contributed by atoms with Gasteiger partial charge in [0.2, 0.25) is 0 Å². The van der Waals surface area contributed by atoms with Crippen molar-refractivity contribution in [3.05, 3.63) is 42.7 Å². The molecular formula is C13H17N. The van der Waals surface area contributed by atoms with E-state index in [1.807, 2.05) is 30.6 Å². The Hall–Kier alpha value is -1.37. The first-order valence-corrected chi connectivity index (χ1v) is 5.17. The summed E-state index contributed by atoms with van der Waals surface area (Å²) in [6, 6.07) is 10.2. The van der Waals surface area contributed by atoms with Gasteiger partial charge in [-0.05, 0) is 16.8 Å². The third kappa shape index (κ3) is 3.17. The first kappa shape index (κ1) is 10.7. The molecule has 2 rings (SSSR count). The van der Waals surface area contributed by atoms with Crippen LogP contribution in [0.1, 0.15) is 26.7 Å². The zero-order valence-corrected chi connectivity index (χ0v) is 8.90. The fraction of sp³-hybridized carbons (Fsp3) is 0.308. The summed E-state index contributed by atoms with van der Waals surface area (Å²) >= 11 is 0. The Kier molecular flexibility index (Phi) is 4.70. The van der Waals surface area contributed by atoms with E-state index in [4.69, 9.17) is 0 Å². The van der Waals surface area contributed by atoms with Gasteiger partial charge in [-0.1, -0.05) is 51.0 Å². The second-order valence-corrected chi connectivity index (χ2v) is 3.22. The molecule has 74 valence electrons. The van der Waals surface area contributed by atoms with Gasteiger partial charge < -0.3 is 0 Å². The van der Waals surface area contributed by atoms with Crippen LogP contribution in [0.15, 0.2) is 42.7 Å². The molecule has 1 nitrogen and oxygen atoms in total. The van der Waals surface area contributed by atoms with Gasteiger partial charge in [-0.15, -0.1) is 0 Å². The average Bonchev–Trinajstić information content (AvgIpc) is 2.30. The molecule has 1 aromatic carbocycles. The number of nitrogens with zero attached hydrogens (tertiary/aromatic N) is 1. The molecule has 0 atom stereocenters. The smallest absolute Gasteiger partial charge is 0.0346 e. The Morgan fingerprint density at radius 3 is 2.14 bits per heavy atom. The van der Waals surface area contributed by atoms with E-state index in [-0.39, 0.29) is 0 Å². The summed E-state index contributed by atoms with van der Waals surface area (Å²) in [5, 5.41) is 2.45. The number of rotatable bonds is 1. The van der Waals surface area contributed by atoms with E-state index in [1.54, 1.807) is 0 Å². The van der Waals surface area contributed by atoms with Gasteiger partial charge in [0.15, 0.2) is 0 Å². The molecule has 0 aliphatic heterocycles. The summed E-state index contributed by atoms with van der Waals surface area (Å²) in [5.41, 5.74) is 0. The zero-order valence-electron chi connectivity index (χ0n) is 8.90. The van der Waals surface area contributed by atoms with Crippen molar-refractivity contribution in [3.8, 4) is 0 Å². The molecule has 0 aliphatic rings. The molecule has 1 heteroatoms. The van der Waals surface area contributed by atoms with Gasteiger partial charge >= 0.3 is 0 Å². The minimum Gasteiger partial charge on any atom is -0.264 e. The van der Waals surface area contributed by atoms with Crippen LogP contribution >= 0.6 is 0 Å². The third-order valence-corrected chi connectivity index (χ3v) is 2.05. The largest absolute Gasteiger partial charge is 0.264 e. The van der Waals surface area contributed by atoms with E-state index in [9.17, 15) is 0 Å². The number of hydrogen-bond acceptors (Lipinski definition) is 1. The predicted molar refractivity (Wildman–Crippen MR) is 62.3 cm³/mol. The molecular weight excluding hydrogens is 170 g/mol. The van der Waals surface area contributed by atoms with Gasteiger partial charge in [-0.25, -0.2) is 0 Å². The summed E-state index contributed by atoms with van der Waals surface area (Å²) in [5.74, 6) is 0. The molecule has 0 fully saturated rings. The Labute approximate surface area is 85.8 Å². The zero-order chi connectivity index (χ0) is 10.2. The second kappa shape index (κ2) is 6.14. The topological polar surface area (TPSA) is 12.9 Å². The normalized spacial score (nSPS) is 9.29. The maximum absolute atomic E-state index is 4.01. The predicted octanol–water partition coefficient (Wildman–Crippen LogP) is 4.04. The number of pyridine rings is 1. The van der Waals surface area contributed by atoms with E-state index in [0.29, 0.717) is 0 Å². The summed E-state index contributed by atoms with van der Waals surface area (Å²) < 4.78 is 0. The van der Waals surface area contributed by atoms with E-state index in [0.717, 1.165) is 0 Å². The molecule has 1 heterocycles. The Balaban J connectivity index is 0.000000213. The molecule has 0 N–H and O–H groups in total. The number of benzene rings is 1. The lowest BCUT2D eigenvalue weighted by Gasteiger charge is -1.91. The van der Waals surface area contributed by atoms with Crippen molar-refractivity contribution in [2.45, 2.75) is 26.7 Å². The average molecular weight is 187 g/mol. The van der Waals surface area contributed by atoms with Crippen LogP contribution in [0.3, 0.4) is 0 Å². The van der Waals surface area contributed by atoms with Crippen LogP contribution < -0.4 is 0 Å². The molecule has 0 aliphatic carbocycles. The van der Waals surface area contributed by atoms with E-state index in [2.05, 4.69) is 31.0 Å². The number of hydrogen-bond donors (Lipinski definition) is 0. The maximum atomic E-state index is 4.01. The fourth-order valence-electron chi connectivity index (χ4n) is 1.03. The van der Waals surface area contributed by atoms with E-state index >= 15 is 0 Å². The Morgan fingerprint density at radius 1 is 0.929 bits per heavy atom. The third-order valence-electron chi connectivity index (χ3n) is 2.05. The van der Waals surface area contributed by atoms with Gasteiger partial charge in [0.1, 0.15) is 0 Å². The molecule has 2 aromatic rings. The highest BCUT2D eigenvalue weighted by Crippen LogP contribution is 2.09. The molecule has 14 heavy (non-hydrogen) atoms. The van der Waals surface area contributed by atoms with Gasteiger partial charge in [-0.3, -0.25) is 4.98 Å². The van der Waals surface area contributed by atoms with Crippen LogP contribution in [0.4, 0.5) is 0 Å². The van der Waals surface area contributed by atoms with Crippen molar-refractivity contribution in [1.29, 1.82) is 0 Å². The van der Waals surface area contributed by atoms with Crippen molar-refractivity contribution < 1.29 is 0 Å². The second-order valence-electron chi connectivity index (χ2n) is 3.22. The molecule has 0 amide bonds. The Morgan fingerprint density at radius 2 is 1.57 bits per heavy atom. The number of fused-ring (bicyclic) bond motifs is 1. The molecule has 0 bridgehead atoms. The Bertz CT molecular complexity index is 301. The molecule has 0 spiro atoms. The lowest BCUT2D eigenvalue weighted by atomic mass is 10.2. The van der Waals surface area contributed by atoms with Gasteiger partial charge in [0.25, 0.3) is 0 Å². The first-order chi connectivity index (χ1) is 6.88. The molecule has 0 saturated carbocycles. The van der Waals surface area contributed by atoms with Gasteiger partial charge in [-0.2, -0.15) is 0 Å². The first-order valence-electron chi connectivity index (χ1n) is 5.17. The summed E-state index contributed by atoms with van der Waals surface area (Å²) in [6.45, 7) is 4.36. The standard InChI is InChI=1S/C9H7N.C4H10/c1-2-4-9-7-10-6-5-8(9)3-1;1-3-4-2/h1-7H;3-4H2,1-2H3. The van der Waals surface area contributed by atoms with Crippen molar-refractivity contribution in [1.82, 2.24) is 4.98 Å². The summed E-state index contributed by atoms with van der Waals surface area (Å²) in [7, 11) is 0. The molecule has 0 saturated heterocycles. The lowest BCUT2D eigenvalue weighted by molar-refractivity contribution is 0.886. The van der Waals surface area contributed by atoms with Gasteiger partial charge in [0, 0.05) is 12.4 Å². The van der Waals surface area contributed by atoms with Crippen molar-refractivity contribution >= 4 is 10.8 Å². The van der Waals surface area contributed by atoms with Crippen molar-refractivity contribution in [2.24, 2.45) is 0 Å². The number of aromatic nitrogens is 1. The van der Waals surface area contributed by atoms with Crippen LogP contribution in [0, 0.1) is 0 Å². The highest BCUT2D eigenvalue weighted by atomic mass is 14.6. The van der Waals surface area contributed by atoms with Gasteiger partial charge in [0.05, 0.1) is 0 Å². The highest BCUT2D eigenvalue weighted by molar-refractivity contribution is 5.80. The quantitative estimate of drug-likeness (QED) is 0.656. The van der Waals surface area contributed by atoms with Crippen molar-refractivity contribution in [2.75, 3.05) is 0 Å². The molecule has 1 aromatic heterocycles. The maximum Gasteiger partial charge on any atom is 0.0346 e. The van der Waals surface area contributed by atoms with E-state index in [1.165, 1.54) is 23.6 Å². The van der Waals surface area contributed by atoms with Crippen LogP contribution in [-0.4, -0.2) is 4.98 Å². The minimum atomic E-state index is 1.20. The SMILES string of the molecule is CCCC.c1ccc2cnccc2c1. The van der Waals surface area contributed by atoms with Crippen molar-refractivity contribution in [3.63, 3.8) is 0 Å². The minimum absolute atomic E-state index is 1.20.